The molecule has 0 aliphatic carbocycles. The van der Waals surface area contributed by atoms with Crippen molar-refractivity contribution < 1.29 is 44.2 Å². The van der Waals surface area contributed by atoms with Gasteiger partial charge in [-0.25, -0.2) is 4.79 Å². The number of esters is 1. The van der Waals surface area contributed by atoms with E-state index in [1.807, 2.05) is 0 Å². The van der Waals surface area contributed by atoms with Crippen LogP contribution < -0.4 is 4.74 Å². The van der Waals surface area contributed by atoms with Crippen LogP contribution in [0, 0.1) is 0 Å². The molecule has 11 heteroatoms. The maximum Gasteiger partial charge on any atom is 0.335 e. The summed E-state index contributed by atoms with van der Waals surface area (Å²) in [6.45, 7) is 0. The van der Waals surface area contributed by atoms with Crippen LogP contribution in [0.2, 0.25) is 10.0 Å². The molecule has 5 unspecified atom stereocenters. The van der Waals surface area contributed by atoms with Crippen molar-refractivity contribution in [1.82, 2.24) is 0 Å². The zero-order valence-corrected chi connectivity index (χ0v) is 17.2. The summed E-state index contributed by atoms with van der Waals surface area (Å²) < 4.78 is 15.7. The summed E-state index contributed by atoms with van der Waals surface area (Å²) in [7, 11) is 0. The molecule has 0 spiro atoms. The van der Waals surface area contributed by atoms with Crippen molar-refractivity contribution in [2.45, 2.75) is 37.1 Å². The van der Waals surface area contributed by atoms with Crippen LogP contribution in [0.4, 0.5) is 0 Å². The Kier molecular flexibility index (Phi) is 7.37. The van der Waals surface area contributed by atoms with Gasteiger partial charge in [-0.3, -0.25) is 4.79 Å². The minimum Gasteiger partial charge on any atom is -0.479 e. The van der Waals surface area contributed by atoms with Crippen molar-refractivity contribution in [3.8, 4) is 11.5 Å². The van der Waals surface area contributed by atoms with Gasteiger partial charge in [-0.05, 0) is 24.3 Å². The highest BCUT2D eigenvalue weighted by Crippen LogP contribution is 2.33. The van der Waals surface area contributed by atoms with Gasteiger partial charge in [-0.15, -0.1) is 0 Å². The molecule has 166 valence electrons. The van der Waals surface area contributed by atoms with Gasteiger partial charge in [-0.2, -0.15) is 0 Å². The molecule has 1 aliphatic heterocycles. The second-order valence-corrected chi connectivity index (χ2v) is 7.53. The minimum absolute atomic E-state index is 0.260. The number of carboxylic acid groups (broad SMARTS) is 1. The van der Waals surface area contributed by atoms with Gasteiger partial charge in [0.2, 0.25) is 6.29 Å². The number of aliphatic hydroxyl groups excluding tert-OH is 3. The Bertz CT molecular complexity index is 967. The highest BCUT2D eigenvalue weighted by atomic mass is 35.5. The lowest BCUT2D eigenvalue weighted by atomic mass is 9.99. The lowest BCUT2D eigenvalue weighted by Gasteiger charge is -2.37. The molecule has 1 aliphatic rings. The predicted octanol–water partition coefficient (Wildman–Crippen LogP) is 1.76. The third kappa shape index (κ3) is 5.45. The molecule has 31 heavy (non-hydrogen) atoms. The first-order valence-corrected chi connectivity index (χ1v) is 9.75. The van der Waals surface area contributed by atoms with Crippen molar-refractivity contribution in [2.24, 2.45) is 0 Å². The molecule has 0 aromatic heterocycles. The van der Waals surface area contributed by atoms with Crippen LogP contribution in [0.15, 0.2) is 42.5 Å². The normalized spacial score (nSPS) is 25.6. The monoisotopic (exact) mass is 472 g/mol. The molecule has 0 radical (unpaired) electrons. The molecule has 1 saturated heterocycles. The lowest BCUT2D eigenvalue weighted by molar-refractivity contribution is -0.286. The van der Waals surface area contributed by atoms with Gasteiger partial charge in [0, 0.05) is 10.6 Å². The Balaban J connectivity index is 1.71. The van der Waals surface area contributed by atoms with Crippen LogP contribution >= 0.6 is 23.2 Å². The largest absolute Gasteiger partial charge is 0.479 e. The van der Waals surface area contributed by atoms with E-state index in [0.29, 0.717) is 22.1 Å². The van der Waals surface area contributed by atoms with Gasteiger partial charge in [0.05, 0.1) is 11.4 Å². The first-order valence-electron chi connectivity index (χ1n) is 9.00. The van der Waals surface area contributed by atoms with Gasteiger partial charge < -0.3 is 34.6 Å². The Morgan fingerprint density at radius 2 is 1.68 bits per heavy atom. The molecular formula is C20H18Cl2O9. The summed E-state index contributed by atoms with van der Waals surface area (Å²) in [6.07, 6.45) is -9.60. The molecule has 1 heterocycles. The van der Waals surface area contributed by atoms with Crippen molar-refractivity contribution in [1.29, 1.82) is 0 Å². The molecule has 3 rings (SSSR count). The fraction of sp³-hybridized carbons (Fsp3) is 0.300. The third-order valence-electron chi connectivity index (χ3n) is 4.48. The SMILES string of the molecule is O=C(Cc1ccccc1Oc1ccc(Cl)cc1Cl)OC1OC(C(=O)O)C(O)C(O)C1O. The molecule has 0 amide bonds. The topological polar surface area (TPSA) is 143 Å². The quantitative estimate of drug-likeness (QED) is 0.462. The molecule has 2 aromatic rings. The highest BCUT2D eigenvalue weighted by molar-refractivity contribution is 6.35. The van der Waals surface area contributed by atoms with Crippen molar-refractivity contribution >= 4 is 35.1 Å². The smallest absolute Gasteiger partial charge is 0.335 e. The molecule has 0 bridgehead atoms. The zero-order valence-electron chi connectivity index (χ0n) is 15.7. The second-order valence-electron chi connectivity index (χ2n) is 6.69. The van der Waals surface area contributed by atoms with Crippen LogP contribution in [-0.2, 0) is 25.5 Å². The van der Waals surface area contributed by atoms with E-state index in [4.69, 9.17) is 42.5 Å². The van der Waals surface area contributed by atoms with Crippen molar-refractivity contribution in [2.75, 3.05) is 0 Å². The first kappa shape index (κ1) is 23.3. The number of benzene rings is 2. The van der Waals surface area contributed by atoms with Gasteiger partial charge >= 0.3 is 11.9 Å². The average molecular weight is 473 g/mol. The predicted molar refractivity (Wildman–Crippen MR) is 107 cm³/mol. The highest BCUT2D eigenvalue weighted by Gasteiger charge is 2.48. The molecule has 4 N–H and O–H groups in total. The number of halogens is 2. The maximum atomic E-state index is 12.4. The number of aliphatic hydroxyl groups is 3. The van der Waals surface area contributed by atoms with Crippen LogP contribution in [0.3, 0.4) is 0 Å². The number of carbonyl (C=O) groups is 2. The van der Waals surface area contributed by atoms with E-state index < -0.39 is 42.6 Å². The molecule has 0 saturated carbocycles. The van der Waals surface area contributed by atoms with Crippen molar-refractivity contribution in [3.05, 3.63) is 58.1 Å². The summed E-state index contributed by atoms with van der Waals surface area (Å²) in [5.41, 5.74) is 0.402. The number of carboxylic acids is 1. The number of aliphatic carboxylic acids is 1. The number of ether oxygens (including phenoxy) is 3. The van der Waals surface area contributed by atoms with Crippen LogP contribution in [-0.4, -0.2) is 63.1 Å². The molecule has 5 atom stereocenters. The van der Waals surface area contributed by atoms with Gasteiger partial charge in [0.1, 0.15) is 29.8 Å². The number of hydrogen-bond donors (Lipinski definition) is 4. The maximum absolute atomic E-state index is 12.4. The van der Waals surface area contributed by atoms with Gasteiger partial charge in [0.15, 0.2) is 6.10 Å². The summed E-state index contributed by atoms with van der Waals surface area (Å²) in [5, 5.41) is 39.2. The van der Waals surface area contributed by atoms with Crippen molar-refractivity contribution in [3.63, 3.8) is 0 Å². The summed E-state index contributed by atoms with van der Waals surface area (Å²) >= 11 is 12.0. The van der Waals surface area contributed by atoms with E-state index in [0.717, 1.165) is 0 Å². The third-order valence-corrected chi connectivity index (χ3v) is 5.01. The van der Waals surface area contributed by atoms with Crippen LogP contribution in [0.1, 0.15) is 5.56 Å². The molecule has 9 nitrogen and oxygen atoms in total. The number of hydrogen-bond acceptors (Lipinski definition) is 8. The standard InChI is InChI=1S/C20H18Cl2O9/c21-10-5-6-13(11(22)8-10)29-12-4-2-1-3-9(12)7-14(23)30-20-17(26)15(24)16(25)18(31-20)19(27)28/h1-6,8,15-18,20,24-26H,7H2,(H,27,28). The lowest BCUT2D eigenvalue weighted by Crippen LogP contribution is -2.60. The number of carbonyl (C=O) groups excluding carboxylic acids is 1. The van der Waals surface area contributed by atoms with E-state index in [2.05, 4.69) is 0 Å². The van der Waals surface area contributed by atoms with E-state index in [9.17, 15) is 24.9 Å². The Hall–Kier alpha value is -2.40. The number of para-hydroxylation sites is 1. The Morgan fingerprint density at radius 3 is 2.35 bits per heavy atom. The van der Waals surface area contributed by atoms with E-state index >= 15 is 0 Å². The second kappa shape index (κ2) is 9.82. The average Bonchev–Trinajstić information content (AvgIpc) is 2.71. The van der Waals surface area contributed by atoms with E-state index in [-0.39, 0.29) is 11.4 Å². The fourth-order valence-electron chi connectivity index (χ4n) is 2.90. The van der Waals surface area contributed by atoms with E-state index in [1.54, 1.807) is 36.4 Å². The Morgan fingerprint density at radius 1 is 0.968 bits per heavy atom. The molecular weight excluding hydrogens is 455 g/mol. The molecule has 1 fully saturated rings. The zero-order chi connectivity index (χ0) is 22.7. The minimum atomic E-state index is -1.89. The first-order chi connectivity index (χ1) is 14.7. The summed E-state index contributed by atoms with van der Waals surface area (Å²) in [4.78, 5) is 23.6. The van der Waals surface area contributed by atoms with E-state index in [1.165, 1.54) is 6.07 Å². The molecule has 2 aromatic carbocycles. The summed E-state index contributed by atoms with van der Waals surface area (Å²) in [6, 6.07) is 11.2. The number of rotatable bonds is 6. The van der Waals surface area contributed by atoms with Gasteiger partial charge in [0.25, 0.3) is 0 Å². The Labute approximate surface area is 186 Å². The fourth-order valence-corrected chi connectivity index (χ4v) is 3.35. The summed E-state index contributed by atoms with van der Waals surface area (Å²) in [5.74, 6) is -1.87. The van der Waals surface area contributed by atoms with Crippen LogP contribution in [0.5, 0.6) is 11.5 Å². The van der Waals surface area contributed by atoms with Gasteiger partial charge in [-0.1, -0.05) is 41.4 Å². The van der Waals surface area contributed by atoms with Crippen LogP contribution in [0.25, 0.3) is 0 Å².